The molecule has 2 nitrogen and oxygen atoms in total. The Hall–Kier alpha value is -0.660. The average Bonchev–Trinajstić information content (AvgIpc) is 2.78. The van der Waals surface area contributed by atoms with Crippen LogP contribution in [0.25, 0.3) is 0 Å². The molecular weight excluding hydrogens is 392 g/mol. The van der Waals surface area contributed by atoms with Gasteiger partial charge in [-0.1, -0.05) is 149 Å². The Labute approximate surface area is 202 Å². The Morgan fingerprint density at radius 1 is 0.344 bits per heavy atom. The molecule has 0 unspecified atom stereocenters. The van der Waals surface area contributed by atoms with Gasteiger partial charge in [0.1, 0.15) is 11.6 Å². The van der Waals surface area contributed by atoms with Crippen molar-refractivity contribution in [1.82, 2.24) is 0 Å². The van der Waals surface area contributed by atoms with Crippen molar-refractivity contribution in [2.75, 3.05) is 0 Å². The molecule has 0 bridgehead atoms. The zero-order valence-electron chi connectivity index (χ0n) is 22.2. The first-order valence-corrected chi connectivity index (χ1v) is 14.7. The molecule has 0 aromatic carbocycles. The van der Waals surface area contributed by atoms with Crippen molar-refractivity contribution in [3.8, 4) is 0 Å². The fourth-order valence-electron chi connectivity index (χ4n) is 4.55. The lowest BCUT2D eigenvalue weighted by molar-refractivity contribution is -0.127. The summed E-state index contributed by atoms with van der Waals surface area (Å²) in [4.78, 5) is 24.0. The second kappa shape index (κ2) is 26.6. The highest BCUT2D eigenvalue weighted by atomic mass is 16.1. The summed E-state index contributed by atoms with van der Waals surface area (Å²) >= 11 is 0. The summed E-state index contributed by atoms with van der Waals surface area (Å²) < 4.78 is 0. The second-order valence-corrected chi connectivity index (χ2v) is 10.2. The number of ketones is 2. The first-order valence-electron chi connectivity index (χ1n) is 14.7. The van der Waals surface area contributed by atoms with Crippen LogP contribution in [-0.4, -0.2) is 11.6 Å². The molecule has 0 saturated carbocycles. The van der Waals surface area contributed by atoms with Crippen LogP contribution in [0.15, 0.2) is 0 Å². The third kappa shape index (κ3) is 25.6. The largest absolute Gasteiger partial charge is 0.299 e. The van der Waals surface area contributed by atoms with Crippen molar-refractivity contribution in [2.24, 2.45) is 0 Å². The molecule has 0 aromatic rings. The van der Waals surface area contributed by atoms with Gasteiger partial charge in [-0.25, -0.2) is 0 Å². The lowest BCUT2D eigenvalue weighted by Gasteiger charge is -2.04. The number of rotatable bonds is 27. The molecule has 0 saturated heterocycles. The SMILES string of the molecule is CCCCCCCCCCCCCCCCC(=O)CC(=O)CCCCCCCCCCC. The van der Waals surface area contributed by atoms with Gasteiger partial charge in [0, 0.05) is 12.8 Å². The van der Waals surface area contributed by atoms with Gasteiger partial charge < -0.3 is 0 Å². The third-order valence-electron chi connectivity index (χ3n) is 6.76. The highest BCUT2D eigenvalue weighted by molar-refractivity contribution is 5.98. The molecule has 0 fully saturated rings. The summed E-state index contributed by atoms with van der Waals surface area (Å²) in [5, 5.41) is 0. The van der Waals surface area contributed by atoms with Crippen LogP contribution in [0, 0.1) is 0 Å². The molecule has 32 heavy (non-hydrogen) atoms. The van der Waals surface area contributed by atoms with Gasteiger partial charge in [0.25, 0.3) is 0 Å². The topological polar surface area (TPSA) is 34.1 Å². The van der Waals surface area contributed by atoms with E-state index in [1.165, 1.54) is 122 Å². The van der Waals surface area contributed by atoms with Crippen LogP contribution in [0.1, 0.15) is 181 Å². The summed E-state index contributed by atoms with van der Waals surface area (Å²) in [6, 6.07) is 0. The summed E-state index contributed by atoms with van der Waals surface area (Å²) in [5.41, 5.74) is 0. The molecule has 0 rings (SSSR count). The Morgan fingerprint density at radius 3 is 0.812 bits per heavy atom. The number of hydrogen-bond acceptors (Lipinski definition) is 2. The van der Waals surface area contributed by atoms with Gasteiger partial charge in [-0.15, -0.1) is 0 Å². The summed E-state index contributed by atoms with van der Waals surface area (Å²) in [7, 11) is 0. The van der Waals surface area contributed by atoms with Crippen LogP contribution in [-0.2, 0) is 9.59 Å². The molecule has 0 spiro atoms. The fourth-order valence-corrected chi connectivity index (χ4v) is 4.55. The molecule has 0 radical (unpaired) electrons. The fraction of sp³-hybridized carbons (Fsp3) is 0.933. The molecule has 0 atom stereocenters. The van der Waals surface area contributed by atoms with Crippen molar-refractivity contribution in [3.05, 3.63) is 0 Å². The van der Waals surface area contributed by atoms with E-state index in [0.29, 0.717) is 12.8 Å². The van der Waals surface area contributed by atoms with Crippen molar-refractivity contribution < 1.29 is 9.59 Å². The smallest absolute Gasteiger partial charge is 0.140 e. The van der Waals surface area contributed by atoms with Gasteiger partial charge in [-0.05, 0) is 12.8 Å². The van der Waals surface area contributed by atoms with Gasteiger partial charge in [0.05, 0.1) is 6.42 Å². The minimum absolute atomic E-state index is 0.170. The van der Waals surface area contributed by atoms with Crippen LogP contribution in [0.4, 0.5) is 0 Å². The first-order chi connectivity index (χ1) is 15.7. The minimum atomic E-state index is 0.170. The minimum Gasteiger partial charge on any atom is -0.299 e. The molecule has 190 valence electrons. The van der Waals surface area contributed by atoms with E-state index in [-0.39, 0.29) is 18.0 Å². The monoisotopic (exact) mass is 450 g/mol. The van der Waals surface area contributed by atoms with E-state index in [9.17, 15) is 9.59 Å². The number of carbonyl (C=O) groups is 2. The van der Waals surface area contributed by atoms with E-state index in [4.69, 9.17) is 0 Å². The number of unbranched alkanes of at least 4 members (excludes halogenated alkanes) is 21. The molecule has 0 aromatic heterocycles. The van der Waals surface area contributed by atoms with E-state index in [1.807, 2.05) is 0 Å². The van der Waals surface area contributed by atoms with Crippen molar-refractivity contribution in [3.63, 3.8) is 0 Å². The second-order valence-electron chi connectivity index (χ2n) is 10.2. The van der Waals surface area contributed by atoms with Gasteiger partial charge in [0.2, 0.25) is 0 Å². The Bertz CT molecular complexity index is 402. The first kappa shape index (κ1) is 31.3. The lowest BCUT2D eigenvalue weighted by atomic mass is 10.0. The van der Waals surface area contributed by atoms with E-state index in [1.54, 1.807) is 0 Å². The zero-order valence-corrected chi connectivity index (χ0v) is 22.2. The molecular formula is C30H58O2. The van der Waals surface area contributed by atoms with Crippen molar-refractivity contribution in [1.29, 1.82) is 0 Å². The quantitative estimate of drug-likeness (QED) is 0.0921. The van der Waals surface area contributed by atoms with Crippen LogP contribution in [0.2, 0.25) is 0 Å². The normalized spacial score (nSPS) is 11.2. The van der Waals surface area contributed by atoms with E-state index < -0.39 is 0 Å². The van der Waals surface area contributed by atoms with E-state index in [2.05, 4.69) is 13.8 Å². The zero-order chi connectivity index (χ0) is 23.5. The molecule has 0 aliphatic rings. The van der Waals surface area contributed by atoms with Gasteiger partial charge in [-0.3, -0.25) is 9.59 Å². The average molecular weight is 451 g/mol. The highest BCUT2D eigenvalue weighted by Gasteiger charge is 2.09. The summed E-state index contributed by atoms with van der Waals surface area (Å²) in [5.74, 6) is 0.341. The predicted octanol–water partition coefficient (Wildman–Crippen LogP) is 10.3. The Morgan fingerprint density at radius 2 is 0.562 bits per heavy atom. The molecule has 0 N–H and O–H groups in total. The summed E-state index contributed by atoms with van der Waals surface area (Å²) in [6.07, 6.45) is 31.5. The lowest BCUT2D eigenvalue weighted by Crippen LogP contribution is -2.07. The standard InChI is InChI=1S/C30H58O2/c1-3-5-7-9-11-13-14-15-16-17-19-21-23-25-27-30(32)28-29(31)26-24-22-20-18-12-10-8-6-4-2/h3-28H2,1-2H3. The third-order valence-corrected chi connectivity index (χ3v) is 6.76. The van der Waals surface area contributed by atoms with Gasteiger partial charge in [0.15, 0.2) is 0 Å². The van der Waals surface area contributed by atoms with Crippen LogP contribution in [0.5, 0.6) is 0 Å². The van der Waals surface area contributed by atoms with E-state index in [0.717, 1.165) is 25.7 Å². The predicted molar refractivity (Wildman–Crippen MR) is 141 cm³/mol. The van der Waals surface area contributed by atoms with Crippen LogP contribution < -0.4 is 0 Å². The highest BCUT2D eigenvalue weighted by Crippen LogP contribution is 2.14. The molecule has 0 heterocycles. The van der Waals surface area contributed by atoms with Crippen molar-refractivity contribution >= 4 is 11.6 Å². The molecule has 2 heteroatoms. The van der Waals surface area contributed by atoms with Gasteiger partial charge >= 0.3 is 0 Å². The van der Waals surface area contributed by atoms with Gasteiger partial charge in [-0.2, -0.15) is 0 Å². The molecule has 0 amide bonds. The Balaban J connectivity index is 3.29. The molecule has 0 aliphatic carbocycles. The maximum atomic E-state index is 12.0. The van der Waals surface area contributed by atoms with E-state index >= 15 is 0 Å². The van der Waals surface area contributed by atoms with Crippen LogP contribution in [0.3, 0.4) is 0 Å². The number of carbonyl (C=O) groups excluding carboxylic acids is 2. The maximum Gasteiger partial charge on any atom is 0.140 e. The van der Waals surface area contributed by atoms with Crippen molar-refractivity contribution in [2.45, 2.75) is 181 Å². The molecule has 0 aliphatic heterocycles. The maximum absolute atomic E-state index is 12.0. The summed E-state index contributed by atoms with van der Waals surface area (Å²) in [6.45, 7) is 4.53. The number of Topliss-reactive ketones (excluding diaryl/α,β-unsaturated/α-hetero) is 2. The van der Waals surface area contributed by atoms with Crippen LogP contribution >= 0.6 is 0 Å². The number of hydrogen-bond donors (Lipinski definition) is 0. The Kier molecular flexibility index (Phi) is 26.0.